The van der Waals surface area contributed by atoms with Crippen LogP contribution >= 0.6 is 0 Å². The van der Waals surface area contributed by atoms with Crippen LogP contribution in [0.1, 0.15) is 28.3 Å². The molecule has 1 amide bonds. The fourth-order valence-electron chi connectivity index (χ4n) is 4.43. The van der Waals surface area contributed by atoms with Crippen molar-refractivity contribution in [2.24, 2.45) is 0 Å². The first-order chi connectivity index (χ1) is 15.5. The number of nitrogens with zero attached hydrogens (tertiary/aromatic N) is 1. The molecule has 0 spiro atoms. The molecule has 2 N–H and O–H groups in total. The summed E-state index contributed by atoms with van der Waals surface area (Å²) in [4.78, 5) is 27.7. The third-order valence-corrected chi connectivity index (χ3v) is 6.03. The number of Topliss-reactive ketones (excluding diaryl/α,β-unsaturated/α-hetero) is 1. The van der Waals surface area contributed by atoms with E-state index in [4.69, 9.17) is 4.74 Å². The summed E-state index contributed by atoms with van der Waals surface area (Å²) in [6.45, 7) is 2.45. The predicted octanol–water partition coefficient (Wildman–Crippen LogP) is 4.26. The number of carbonyl (C=O) groups is 2. The van der Waals surface area contributed by atoms with E-state index in [9.17, 15) is 19.8 Å². The van der Waals surface area contributed by atoms with Gasteiger partial charge >= 0.3 is 0 Å². The Labute approximate surface area is 185 Å². The van der Waals surface area contributed by atoms with Gasteiger partial charge in [-0.2, -0.15) is 0 Å². The van der Waals surface area contributed by atoms with Gasteiger partial charge in [0.2, 0.25) is 0 Å². The molecular weight excluding hydrogens is 406 g/mol. The zero-order valence-corrected chi connectivity index (χ0v) is 17.4. The Morgan fingerprint density at radius 2 is 1.78 bits per heavy atom. The highest BCUT2D eigenvalue weighted by Crippen LogP contribution is 2.45. The average Bonchev–Trinajstić information content (AvgIpc) is 3.36. The third-order valence-electron chi connectivity index (χ3n) is 6.03. The van der Waals surface area contributed by atoms with Crippen molar-refractivity contribution in [1.29, 1.82) is 0 Å². The molecular formula is C26H21NO5. The normalized spacial score (nSPS) is 19.2. The number of phenols is 1. The van der Waals surface area contributed by atoms with Gasteiger partial charge in [0.15, 0.2) is 0 Å². The Hall–Kier alpha value is -4.06. The van der Waals surface area contributed by atoms with Gasteiger partial charge in [-0.3, -0.25) is 14.5 Å². The summed E-state index contributed by atoms with van der Waals surface area (Å²) in [6.07, 6.45) is 0.712. The van der Waals surface area contributed by atoms with Gasteiger partial charge < -0.3 is 14.9 Å². The van der Waals surface area contributed by atoms with E-state index >= 15 is 0 Å². The third kappa shape index (κ3) is 3.03. The minimum Gasteiger partial charge on any atom is -0.507 e. The number of benzene rings is 3. The lowest BCUT2D eigenvalue weighted by atomic mass is 9.92. The molecule has 5 rings (SSSR count). The predicted molar refractivity (Wildman–Crippen MR) is 120 cm³/mol. The maximum atomic E-state index is 13.2. The van der Waals surface area contributed by atoms with Gasteiger partial charge in [-0.1, -0.05) is 36.4 Å². The second-order valence-corrected chi connectivity index (χ2v) is 7.94. The van der Waals surface area contributed by atoms with Gasteiger partial charge in [-0.25, -0.2) is 0 Å². The number of fused-ring (bicyclic) bond motifs is 1. The van der Waals surface area contributed by atoms with Crippen LogP contribution in [-0.2, 0) is 16.0 Å². The van der Waals surface area contributed by atoms with Gasteiger partial charge in [0.1, 0.15) is 17.3 Å². The summed E-state index contributed by atoms with van der Waals surface area (Å²) in [6, 6.07) is 18.1. The number of aliphatic hydroxyl groups excluding tert-OH is 1. The smallest absolute Gasteiger partial charge is 0.300 e. The van der Waals surface area contributed by atoms with E-state index in [1.54, 1.807) is 36.4 Å². The van der Waals surface area contributed by atoms with Gasteiger partial charge in [-0.15, -0.1) is 0 Å². The maximum absolute atomic E-state index is 13.2. The van der Waals surface area contributed by atoms with Crippen molar-refractivity contribution in [1.82, 2.24) is 0 Å². The number of anilines is 1. The van der Waals surface area contributed by atoms with Crippen molar-refractivity contribution in [2.75, 3.05) is 11.5 Å². The van der Waals surface area contributed by atoms with Crippen molar-refractivity contribution in [3.8, 4) is 11.5 Å². The highest BCUT2D eigenvalue weighted by Gasteiger charge is 2.48. The van der Waals surface area contributed by atoms with Crippen LogP contribution in [0.2, 0.25) is 0 Å². The van der Waals surface area contributed by atoms with Crippen molar-refractivity contribution in [3.63, 3.8) is 0 Å². The Kier molecular flexibility index (Phi) is 4.70. The second kappa shape index (κ2) is 7.57. The summed E-state index contributed by atoms with van der Waals surface area (Å²) in [7, 11) is 0. The Balaban J connectivity index is 1.74. The Morgan fingerprint density at radius 3 is 2.56 bits per heavy atom. The van der Waals surface area contributed by atoms with Crippen molar-refractivity contribution < 1.29 is 24.5 Å². The molecule has 160 valence electrons. The molecule has 6 heteroatoms. The molecule has 0 saturated carbocycles. The molecule has 3 aromatic carbocycles. The number of amides is 1. The molecule has 1 saturated heterocycles. The number of ketones is 1. The van der Waals surface area contributed by atoms with Crippen LogP contribution < -0.4 is 9.64 Å². The fourth-order valence-corrected chi connectivity index (χ4v) is 4.43. The Morgan fingerprint density at radius 1 is 1.03 bits per heavy atom. The summed E-state index contributed by atoms with van der Waals surface area (Å²) in [5.74, 6) is -1.21. The first kappa shape index (κ1) is 19.9. The lowest BCUT2D eigenvalue weighted by Gasteiger charge is -2.27. The summed E-state index contributed by atoms with van der Waals surface area (Å²) >= 11 is 0. The minimum atomic E-state index is -0.881. The van der Waals surface area contributed by atoms with E-state index in [0.29, 0.717) is 24.2 Å². The monoisotopic (exact) mass is 427 g/mol. The van der Waals surface area contributed by atoms with E-state index in [2.05, 4.69) is 0 Å². The maximum Gasteiger partial charge on any atom is 0.300 e. The number of phenolic OH excluding ortho intramolecular Hbond substituents is 1. The summed E-state index contributed by atoms with van der Waals surface area (Å²) < 4.78 is 5.54. The molecule has 2 heterocycles. The fraction of sp³-hybridized carbons (Fsp3) is 0.154. The van der Waals surface area contributed by atoms with Crippen molar-refractivity contribution >= 4 is 23.1 Å². The highest BCUT2D eigenvalue weighted by atomic mass is 16.5. The summed E-state index contributed by atoms with van der Waals surface area (Å²) in [5.41, 5.74) is 3.14. The van der Waals surface area contributed by atoms with Crippen molar-refractivity contribution in [2.45, 2.75) is 19.4 Å². The van der Waals surface area contributed by atoms with E-state index in [1.807, 2.05) is 31.2 Å². The molecule has 3 aromatic rings. The topological polar surface area (TPSA) is 87.1 Å². The zero-order valence-electron chi connectivity index (χ0n) is 17.4. The number of para-hydroxylation sites is 2. The molecule has 32 heavy (non-hydrogen) atoms. The molecule has 1 atom stereocenters. The largest absolute Gasteiger partial charge is 0.507 e. The van der Waals surface area contributed by atoms with E-state index in [1.165, 1.54) is 11.0 Å². The molecule has 0 aliphatic carbocycles. The van der Waals surface area contributed by atoms with E-state index in [-0.39, 0.29) is 22.8 Å². The molecule has 6 nitrogen and oxygen atoms in total. The van der Waals surface area contributed by atoms with Gasteiger partial charge in [-0.05, 0) is 53.9 Å². The van der Waals surface area contributed by atoms with E-state index in [0.717, 1.165) is 16.9 Å². The number of carbonyl (C=O) groups excluding carboxylic acids is 2. The summed E-state index contributed by atoms with van der Waals surface area (Å²) in [5, 5.41) is 21.7. The SMILES string of the molecule is Cc1ccccc1C1/C(=C(\O)c2ccc3c(c2)CCO3)C(=O)C(=O)N1c1ccccc1O. The molecule has 2 aliphatic rings. The molecule has 1 unspecified atom stereocenters. The highest BCUT2D eigenvalue weighted by molar-refractivity contribution is 6.52. The van der Waals surface area contributed by atoms with Crippen LogP contribution in [0.15, 0.2) is 72.3 Å². The first-order valence-corrected chi connectivity index (χ1v) is 10.4. The number of hydrogen-bond donors (Lipinski definition) is 2. The quantitative estimate of drug-likeness (QED) is 0.371. The number of ether oxygens (including phenoxy) is 1. The van der Waals surface area contributed by atoms with Crippen LogP contribution in [0.3, 0.4) is 0 Å². The Bertz CT molecular complexity index is 1290. The van der Waals surface area contributed by atoms with Crippen LogP contribution in [0.25, 0.3) is 5.76 Å². The molecule has 0 radical (unpaired) electrons. The molecule has 2 aliphatic heterocycles. The molecule has 0 bridgehead atoms. The minimum absolute atomic E-state index is 0.00795. The van der Waals surface area contributed by atoms with Gasteiger partial charge in [0.05, 0.1) is 23.9 Å². The van der Waals surface area contributed by atoms with Gasteiger partial charge in [0, 0.05) is 12.0 Å². The van der Waals surface area contributed by atoms with Crippen molar-refractivity contribution in [3.05, 3.63) is 94.6 Å². The van der Waals surface area contributed by atoms with Crippen LogP contribution in [-0.4, -0.2) is 28.5 Å². The van der Waals surface area contributed by atoms with Crippen LogP contribution in [0, 0.1) is 6.92 Å². The number of rotatable bonds is 3. The second-order valence-electron chi connectivity index (χ2n) is 7.94. The lowest BCUT2D eigenvalue weighted by Crippen LogP contribution is -2.29. The molecule has 1 fully saturated rings. The lowest BCUT2D eigenvalue weighted by molar-refractivity contribution is -0.132. The zero-order chi connectivity index (χ0) is 22.4. The molecule has 0 aromatic heterocycles. The first-order valence-electron chi connectivity index (χ1n) is 10.4. The average molecular weight is 427 g/mol. The standard InChI is InChI=1S/C26H21NO5/c1-15-6-2-3-7-18(15)23-22(24(29)17-10-11-21-16(14-17)12-13-32-21)25(30)26(31)27(23)19-8-4-5-9-20(19)28/h2-11,14,23,28-29H,12-13H2,1H3/b24-22+. The van der Waals surface area contributed by atoms with Crippen LogP contribution in [0.4, 0.5) is 5.69 Å². The number of aryl methyl sites for hydroxylation is 1. The number of hydrogen-bond acceptors (Lipinski definition) is 5. The number of aliphatic hydroxyl groups is 1. The van der Waals surface area contributed by atoms with Gasteiger partial charge in [0.25, 0.3) is 11.7 Å². The van der Waals surface area contributed by atoms with Crippen LogP contribution in [0.5, 0.6) is 11.5 Å². The number of aromatic hydroxyl groups is 1. The van der Waals surface area contributed by atoms with E-state index < -0.39 is 17.7 Å².